The van der Waals surface area contributed by atoms with Gasteiger partial charge in [-0.1, -0.05) is 18.2 Å². The van der Waals surface area contributed by atoms with Crippen LogP contribution in [0.25, 0.3) is 5.57 Å². The fraction of sp³-hybridized carbons (Fsp3) is 0.385. The first kappa shape index (κ1) is 9.45. The van der Waals surface area contributed by atoms with Gasteiger partial charge in [0.25, 0.3) is 0 Å². The van der Waals surface area contributed by atoms with Gasteiger partial charge in [0.1, 0.15) is 5.82 Å². The summed E-state index contributed by atoms with van der Waals surface area (Å²) in [7, 11) is 0. The third-order valence-corrected chi connectivity index (χ3v) is 2.72. The van der Waals surface area contributed by atoms with Gasteiger partial charge in [0, 0.05) is 0 Å². The topological polar surface area (TPSA) is 0 Å². The summed E-state index contributed by atoms with van der Waals surface area (Å²) < 4.78 is 13.7. The monoisotopic (exact) mass is 190 g/mol. The number of allylic oxidation sites excluding steroid dienone is 1. The molecule has 0 atom stereocenters. The van der Waals surface area contributed by atoms with E-state index in [4.69, 9.17) is 0 Å². The molecule has 1 aromatic carbocycles. The van der Waals surface area contributed by atoms with Gasteiger partial charge in [-0.05, 0) is 55.4 Å². The Balaban J connectivity index is 2.58. The molecule has 0 bridgehead atoms. The Morgan fingerprint density at radius 3 is 2.57 bits per heavy atom. The Morgan fingerprint density at radius 1 is 1.43 bits per heavy atom. The van der Waals surface area contributed by atoms with Crippen molar-refractivity contribution >= 4 is 5.57 Å². The van der Waals surface area contributed by atoms with Gasteiger partial charge in [0.2, 0.25) is 0 Å². The summed E-state index contributed by atoms with van der Waals surface area (Å²) >= 11 is 0. The number of halogens is 1. The average molecular weight is 190 g/mol. The van der Waals surface area contributed by atoms with Gasteiger partial charge in [-0.15, -0.1) is 0 Å². The van der Waals surface area contributed by atoms with Crippen molar-refractivity contribution in [2.75, 3.05) is 0 Å². The van der Waals surface area contributed by atoms with E-state index in [9.17, 15) is 4.39 Å². The molecule has 0 nitrogen and oxygen atoms in total. The number of hydrogen-bond donors (Lipinski definition) is 0. The second kappa shape index (κ2) is 3.23. The first-order valence-corrected chi connectivity index (χ1v) is 5.05. The largest absolute Gasteiger partial charge is 0.207 e. The molecular formula is C13H15F. The van der Waals surface area contributed by atoms with E-state index in [1.165, 1.54) is 0 Å². The van der Waals surface area contributed by atoms with Crippen molar-refractivity contribution in [1.29, 1.82) is 0 Å². The van der Waals surface area contributed by atoms with Crippen LogP contribution in [-0.4, -0.2) is 0 Å². The van der Waals surface area contributed by atoms with Gasteiger partial charge in [-0.3, -0.25) is 0 Å². The van der Waals surface area contributed by atoms with Crippen LogP contribution in [0.2, 0.25) is 0 Å². The SMILES string of the molecule is C=C(C)c1cc(C)cc(F)c1C1CC1. The lowest BCUT2D eigenvalue weighted by Gasteiger charge is -2.11. The molecule has 0 amide bonds. The highest BCUT2D eigenvalue weighted by atomic mass is 19.1. The molecule has 0 heterocycles. The van der Waals surface area contributed by atoms with Gasteiger partial charge >= 0.3 is 0 Å². The smallest absolute Gasteiger partial charge is 0.127 e. The van der Waals surface area contributed by atoms with E-state index in [2.05, 4.69) is 6.58 Å². The zero-order valence-electron chi connectivity index (χ0n) is 8.73. The average Bonchev–Trinajstić information content (AvgIpc) is 2.85. The highest BCUT2D eigenvalue weighted by molar-refractivity contribution is 5.66. The summed E-state index contributed by atoms with van der Waals surface area (Å²) in [5.41, 5.74) is 3.85. The summed E-state index contributed by atoms with van der Waals surface area (Å²) in [6.07, 6.45) is 2.25. The molecule has 74 valence electrons. The minimum atomic E-state index is -0.0505. The Hall–Kier alpha value is -1.11. The van der Waals surface area contributed by atoms with Crippen LogP contribution < -0.4 is 0 Å². The Bertz CT molecular complexity index is 386. The molecule has 0 unspecified atom stereocenters. The molecule has 0 aliphatic heterocycles. The van der Waals surface area contributed by atoms with Crippen LogP contribution in [0.15, 0.2) is 18.7 Å². The molecule has 0 radical (unpaired) electrons. The molecule has 1 aliphatic rings. The van der Waals surface area contributed by atoms with Crippen LogP contribution in [-0.2, 0) is 0 Å². The molecule has 2 rings (SSSR count). The third kappa shape index (κ3) is 1.59. The van der Waals surface area contributed by atoms with Crippen LogP contribution >= 0.6 is 0 Å². The number of hydrogen-bond acceptors (Lipinski definition) is 0. The van der Waals surface area contributed by atoms with Gasteiger partial charge in [-0.2, -0.15) is 0 Å². The first-order chi connectivity index (χ1) is 6.59. The van der Waals surface area contributed by atoms with Crippen molar-refractivity contribution in [2.24, 2.45) is 0 Å². The van der Waals surface area contributed by atoms with Gasteiger partial charge in [-0.25, -0.2) is 4.39 Å². The molecule has 0 spiro atoms. The zero-order chi connectivity index (χ0) is 10.3. The molecule has 0 N–H and O–H groups in total. The molecule has 1 saturated carbocycles. The predicted molar refractivity (Wildman–Crippen MR) is 57.8 cm³/mol. The Morgan fingerprint density at radius 2 is 2.07 bits per heavy atom. The maximum absolute atomic E-state index is 13.7. The zero-order valence-corrected chi connectivity index (χ0v) is 8.73. The van der Waals surface area contributed by atoms with Gasteiger partial charge in [0.15, 0.2) is 0 Å². The fourth-order valence-corrected chi connectivity index (χ4v) is 1.89. The highest BCUT2D eigenvalue weighted by Gasteiger charge is 2.29. The van der Waals surface area contributed by atoms with Crippen molar-refractivity contribution in [2.45, 2.75) is 32.6 Å². The van der Waals surface area contributed by atoms with Crippen molar-refractivity contribution in [3.63, 3.8) is 0 Å². The lowest BCUT2D eigenvalue weighted by Crippen LogP contribution is -1.95. The van der Waals surface area contributed by atoms with Crippen molar-refractivity contribution in [3.8, 4) is 0 Å². The van der Waals surface area contributed by atoms with Crippen molar-refractivity contribution in [3.05, 3.63) is 41.2 Å². The summed E-state index contributed by atoms with van der Waals surface area (Å²) in [4.78, 5) is 0. The van der Waals surface area contributed by atoms with E-state index in [1.807, 2.05) is 19.9 Å². The quantitative estimate of drug-likeness (QED) is 0.660. The summed E-state index contributed by atoms with van der Waals surface area (Å²) in [5, 5.41) is 0. The van der Waals surface area contributed by atoms with E-state index < -0.39 is 0 Å². The van der Waals surface area contributed by atoms with Gasteiger partial charge < -0.3 is 0 Å². The van der Waals surface area contributed by atoms with E-state index in [-0.39, 0.29) is 5.82 Å². The lowest BCUT2D eigenvalue weighted by molar-refractivity contribution is 0.609. The Labute approximate surface area is 84.5 Å². The van der Waals surface area contributed by atoms with Crippen molar-refractivity contribution < 1.29 is 4.39 Å². The first-order valence-electron chi connectivity index (χ1n) is 5.05. The standard InChI is InChI=1S/C13H15F/c1-8(2)11-6-9(3)7-12(14)13(11)10-4-5-10/h6-7,10H,1,4-5H2,2-3H3. The summed E-state index contributed by atoms with van der Waals surface area (Å²) in [6, 6.07) is 3.67. The maximum Gasteiger partial charge on any atom is 0.127 e. The molecule has 1 heteroatoms. The summed E-state index contributed by atoms with van der Waals surface area (Å²) in [5.74, 6) is 0.396. The molecular weight excluding hydrogens is 175 g/mol. The molecule has 0 aromatic heterocycles. The molecule has 1 aliphatic carbocycles. The number of benzene rings is 1. The second-order valence-corrected chi connectivity index (χ2v) is 4.26. The van der Waals surface area contributed by atoms with E-state index in [0.29, 0.717) is 5.92 Å². The predicted octanol–water partition coefficient (Wildman–Crippen LogP) is 4.04. The van der Waals surface area contributed by atoms with Crippen LogP contribution in [0.5, 0.6) is 0 Å². The second-order valence-electron chi connectivity index (χ2n) is 4.26. The maximum atomic E-state index is 13.7. The summed E-state index contributed by atoms with van der Waals surface area (Å²) in [6.45, 7) is 7.78. The van der Waals surface area contributed by atoms with E-state index in [0.717, 1.165) is 35.1 Å². The van der Waals surface area contributed by atoms with E-state index >= 15 is 0 Å². The molecule has 0 saturated heterocycles. The van der Waals surface area contributed by atoms with Crippen LogP contribution in [0.1, 0.15) is 42.4 Å². The Kier molecular flexibility index (Phi) is 2.18. The fourth-order valence-electron chi connectivity index (χ4n) is 1.89. The van der Waals surface area contributed by atoms with Crippen LogP contribution in [0.4, 0.5) is 4.39 Å². The van der Waals surface area contributed by atoms with Crippen LogP contribution in [0.3, 0.4) is 0 Å². The number of aryl methyl sites for hydroxylation is 1. The van der Waals surface area contributed by atoms with Crippen molar-refractivity contribution in [1.82, 2.24) is 0 Å². The highest BCUT2D eigenvalue weighted by Crippen LogP contribution is 2.44. The molecule has 1 aromatic rings. The third-order valence-electron chi connectivity index (χ3n) is 2.72. The van der Waals surface area contributed by atoms with Crippen LogP contribution in [0, 0.1) is 12.7 Å². The lowest BCUT2D eigenvalue weighted by atomic mass is 9.96. The molecule has 14 heavy (non-hydrogen) atoms. The normalized spacial score (nSPS) is 15.6. The van der Waals surface area contributed by atoms with E-state index in [1.54, 1.807) is 6.07 Å². The minimum Gasteiger partial charge on any atom is -0.207 e. The minimum absolute atomic E-state index is 0.0505. The molecule has 1 fully saturated rings. The number of rotatable bonds is 2. The van der Waals surface area contributed by atoms with Gasteiger partial charge in [0.05, 0.1) is 0 Å².